The van der Waals surface area contributed by atoms with Crippen LogP contribution in [-0.2, 0) is 27.9 Å². The van der Waals surface area contributed by atoms with Gasteiger partial charge in [-0.25, -0.2) is 4.57 Å². The average molecular weight is 778 g/mol. The van der Waals surface area contributed by atoms with Crippen molar-refractivity contribution in [1.29, 1.82) is 0 Å². The van der Waals surface area contributed by atoms with E-state index in [0.29, 0.717) is 13.0 Å². The molecule has 312 valence electrons. The molecule has 0 saturated heterocycles. The summed E-state index contributed by atoms with van der Waals surface area (Å²) in [5, 5.41) is 0. The fourth-order valence-electron chi connectivity index (χ4n) is 5.55. The largest absolute Gasteiger partial charge is 0.472 e. The first kappa shape index (κ1) is 51.9. The summed E-state index contributed by atoms with van der Waals surface area (Å²) in [6.07, 6.45) is 52.0. The van der Waals surface area contributed by atoms with Crippen LogP contribution in [0.4, 0.5) is 0 Å². The highest BCUT2D eigenvalue weighted by molar-refractivity contribution is 7.47. The van der Waals surface area contributed by atoms with Gasteiger partial charge >= 0.3 is 13.8 Å². The van der Waals surface area contributed by atoms with Crippen molar-refractivity contribution in [3.63, 3.8) is 0 Å². The molecule has 0 aromatic heterocycles. The molecule has 0 rings (SSSR count). The molecule has 0 amide bonds. The maximum atomic E-state index is 12.6. The van der Waals surface area contributed by atoms with Crippen molar-refractivity contribution in [1.82, 2.24) is 0 Å². The minimum absolute atomic E-state index is 0.0936. The summed E-state index contributed by atoms with van der Waals surface area (Å²) in [6.45, 7) is 4.66. The maximum absolute atomic E-state index is 12.6. The van der Waals surface area contributed by atoms with Crippen LogP contribution in [0.15, 0.2) is 72.9 Å². The molecule has 0 radical (unpaired) electrons. The SMILES string of the molecule is CC/C=C\C/C=C\C/C=C\CCCCCCCCCCOCC(COP(=O)(O)OCCN)OC(=O)CCCCCCCCC/C=C\C/C=C\C/C=C\CC. The molecule has 0 aliphatic rings. The lowest BCUT2D eigenvalue weighted by Gasteiger charge is -2.20. The van der Waals surface area contributed by atoms with Crippen LogP contribution in [-0.4, -0.2) is 49.9 Å². The number of hydrogen-bond donors (Lipinski definition) is 2. The number of carbonyl (C=O) groups is 1. The Morgan fingerprint density at radius 3 is 1.46 bits per heavy atom. The number of hydrogen-bond acceptors (Lipinski definition) is 7. The van der Waals surface area contributed by atoms with Crippen molar-refractivity contribution in [2.45, 2.75) is 174 Å². The van der Waals surface area contributed by atoms with E-state index in [1.54, 1.807) is 0 Å². The van der Waals surface area contributed by atoms with Crippen LogP contribution in [0.1, 0.15) is 168 Å². The van der Waals surface area contributed by atoms with E-state index in [4.69, 9.17) is 24.3 Å². The first-order valence-corrected chi connectivity index (χ1v) is 22.9. The smallest absolute Gasteiger partial charge is 0.457 e. The minimum Gasteiger partial charge on any atom is -0.457 e. The number of phosphoric ester groups is 1. The molecule has 0 fully saturated rings. The van der Waals surface area contributed by atoms with Crippen molar-refractivity contribution >= 4 is 13.8 Å². The fourth-order valence-corrected chi connectivity index (χ4v) is 6.32. The predicted octanol–water partition coefficient (Wildman–Crippen LogP) is 12.7. The predicted molar refractivity (Wildman–Crippen MR) is 228 cm³/mol. The van der Waals surface area contributed by atoms with Crippen molar-refractivity contribution < 1.29 is 32.8 Å². The topological polar surface area (TPSA) is 117 Å². The van der Waals surface area contributed by atoms with E-state index in [9.17, 15) is 14.3 Å². The molecule has 8 nitrogen and oxygen atoms in total. The lowest BCUT2D eigenvalue weighted by atomic mass is 10.1. The van der Waals surface area contributed by atoms with Crippen LogP contribution < -0.4 is 5.73 Å². The Kier molecular flexibility index (Phi) is 40.5. The highest BCUT2D eigenvalue weighted by Gasteiger charge is 2.25. The van der Waals surface area contributed by atoms with E-state index in [-0.39, 0.29) is 32.3 Å². The van der Waals surface area contributed by atoms with Gasteiger partial charge in [-0.3, -0.25) is 13.8 Å². The van der Waals surface area contributed by atoms with Gasteiger partial charge in [0.15, 0.2) is 0 Å². The zero-order valence-electron chi connectivity index (χ0n) is 34.4. The third-order valence-electron chi connectivity index (χ3n) is 8.62. The molecule has 0 aliphatic heterocycles. The normalized spacial score (nSPS) is 14.2. The summed E-state index contributed by atoms with van der Waals surface area (Å²) >= 11 is 0. The van der Waals surface area contributed by atoms with Crippen molar-refractivity contribution in [2.75, 3.05) is 33.0 Å². The van der Waals surface area contributed by atoms with Crippen LogP contribution >= 0.6 is 7.82 Å². The van der Waals surface area contributed by atoms with Gasteiger partial charge in [-0.15, -0.1) is 0 Å². The molecule has 3 N–H and O–H groups in total. The van der Waals surface area contributed by atoms with Gasteiger partial charge in [0.25, 0.3) is 0 Å². The lowest BCUT2D eigenvalue weighted by Crippen LogP contribution is -2.28. The third-order valence-corrected chi connectivity index (χ3v) is 9.60. The van der Waals surface area contributed by atoms with E-state index >= 15 is 0 Å². The molecule has 54 heavy (non-hydrogen) atoms. The zero-order valence-corrected chi connectivity index (χ0v) is 35.3. The molecule has 0 heterocycles. The summed E-state index contributed by atoms with van der Waals surface area (Å²) in [7, 11) is -4.29. The Bertz CT molecular complexity index is 1050. The van der Waals surface area contributed by atoms with Gasteiger partial charge in [0.2, 0.25) is 0 Å². The number of nitrogens with two attached hydrogens (primary N) is 1. The van der Waals surface area contributed by atoms with E-state index in [1.165, 1.54) is 64.2 Å². The van der Waals surface area contributed by atoms with Crippen molar-refractivity contribution in [3.8, 4) is 0 Å². The Morgan fingerprint density at radius 2 is 0.981 bits per heavy atom. The first-order valence-electron chi connectivity index (χ1n) is 21.4. The first-order chi connectivity index (χ1) is 26.4. The standard InChI is InChI=1S/C45H80NO7P/c1-3-5-7-9-11-13-15-17-19-21-23-25-27-29-31-33-35-37-40-50-42-44(43-52-54(48,49)51-41-39-46)53-45(47)38-36-34-32-30-28-26-24-22-20-18-16-14-12-10-8-6-4-2/h5-8,11-14,17-20,44H,3-4,9-10,15-16,21-43,46H2,1-2H3,(H,48,49)/b7-5-,8-6-,13-11-,14-12-,19-17-,20-18-. The Hall–Kier alpha value is -2.06. The summed E-state index contributed by atoms with van der Waals surface area (Å²) in [5.74, 6) is -0.346. The number of carbonyl (C=O) groups excluding carboxylic acids is 1. The van der Waals surface area contributed by atoms with Crippen molar-refractivity contribution in [2.24, 2.45) is 5.73 Å². The number of phosphoric acid groups is 1. The number of rotatable bonds is 40. The van der Waals surface area contributed by atoms with Gasteiger partial charge in [0.05, 0.1) is 19.8 Å². The van der Waals surface area contributed by atoms with Gasteiger partial charge in [0.1, 0.15) is 6.10 Å². The highest BCUT2D eigenvalue weighted by Crippen LogP contribution is 2.43. The second kappa shape index (κ2) is 42.1. The van der Waals surface area contributed by atoms with Crippen molar-refractivity contribution in [3.05, 3.63) is 72.9 Å². The Morgan fingerprint density at radius 1 is 0.556 bits per heavy atom. The van der Waals surface area contributed by atoms with Crippen LogP contribution in [0, 0.1) is 0 Å². The molecule has 0 aromatic rings. The molecule has 0 aliphatic carbocycles. The number of ether oxygens (including phenoxy) is 2. The second-order valence-electron chi connectivity index (χ2n) is 13.8. The fraction of sp³-hybridized carbons (Fsp3) is 0.711. The quantitative estimate of drug-likeness (QED) is 0.0273. The highest BCUT2D eigenvalue weighted by atomic mass is 31.2. The average Bonchev–Trinajstić information content (AvgIpc) is 3.16. The van der Waals surface area contributed by atoms with Gasteiger partial charge in [0, 0.05) is 19.6 Å². The number of esters is 1. The monoisotopic (exact) mass is 778 g/mol. The zero-order chi connectivity index (χ0) is 39.5. The lowest BCUT2D eigenvalue weighted by molar-refractivity contribution is -0.154. The number of allylic oxidation sites excluding steroid dienone is 12. The van der Waals surface area contributed by atoms with Gasteiger partial charge < -0.3 is 20.1 Å². The Balaban J connectivity index is 4.07. The molecule has 0 bridgehead atoms. The number of unbranched alkanes of at least 4 members (excludes halogenated alkanes) is 15. The van der Waals surface area contributed by atoms with Crippen LogP contribution in [0.3, 0.4) is 0 Å². The molecule has 0 spiro atoms. The van der Waals surface area contributed by atoms with E-state index < -0.39 is 13.9 Å². The van der Waals surface area contributed by atoms with Crippen LogP contribution in [0.25, 0.3) is 0 Å². The Labute approximate surface area is 331 Å². The summed E-state index contributed by atoms with van der Waals surface area (Å²) < 4.78 is 33.4. The third kappa shape index (κ3) is 41.1. The van der Waals surface area contributed by atoms with Gasteiger partial charge in [-0.05, 0) is 77.0 Å². The maximum Gasteiger partial charge on any atom is 0.472 e. The molecule has 9 heteroatoms. The molecule has 2 unspecified atom stereocenters. The van der Waals surface area contributed by atoms with Gasteiger partial charge in [-0.1, -0.05) is 157 Å². The second-order valence-corrected chi connectivity index (χ2v) is 15.2. The summed E-state index contributed by atoms with van der Waals surface area (Å²) in [6, 6.07) is 0. The van der Waals surface area contributed by atoms with Crippen LogP contribution in [0.5, 0.6) is 0 Å². The van der Waals surface area contributed by atoms with Gasteiger partial charge in [-0.2, -0.15) is 0 Å². The molecule has 0 saturated carbocycles. The van der Waals surface area contributed by atoms with E-state index in [1.807, 2.05) is 0 Å². The summed E-state index contributed by atoms with van der Waals surface area (Å²) in [4.78, 5) is 22.5. The summed E-state index contributed by atoms with van der Waals surface area (Å²) in [5.41, 5.74) is 5.37. The van der Waals surface area contributed by atoms with E-state index in [2.05, 4.69) is 86.8 Å². The molecular formula is C45H80NO7P. The molecular weight excluding hydrogens is 697 g/mol. The van der Waals surface area contributed by atoms with E-state index in [0.717, 1.165) is 83.5 Å². The van der Waals surface area contributed by atoms with Crippen LogP contribution in [0.2, 0.25) is 0 Å². The molecule has 0 aromatic carbocycles. The molecule has 2 atom stereocenters. The minimum atomic E-state index is -4.29.